The Kier molecular flexibility index (Phi) is 8.02. The summed E-state index contributed by atoms with van der Waals surface area (Å²) in [5.41, 5.74) is -1.04. The van der Waals surface area contributed by atoms with E-state index in [1.54, 1.807) is 0 Å². The van der Waals surface area contributed by atoms with Gasteiger partial charge in [0, 0.05) is 0 Å². The van der Waals surface area contributed by atoms with Crippen molar-refractivity contribution in [2.45, 2.75) is 6.18 Å². The summed E-state index contributed by atoms with van der Waals surface area (Å²) in [7, 11) is 4.15. The van der Waals surface area contributed by atoms with Crippen molar-refractivity contribution >= 4 is 28.9 Å². The van der Waals surface area contributed by atoms with E-state index in [4.69, 9.17) is 12.2 Å². The molecule has 0 aliphatic carbocycles. The van der Waals surface area contributed by atoms with Crippen LogP contribution in [0.1, 0.15) is 5.56 Å². The summed E-state index contributed by atoms with van der Waals surface area (Å²) < 4.78 is 39.1. The molecule has 1 aromatic rings. The molecule has 2 rings (SSSR count). The Morgan fingerprint density at radius 3 is 2.50 bits per heavy atom. The molecular weight excluding hydrogens is 391 g/mol. The number of alkyl halides is 3. The second kappa shape index (κ2) is 10.0. The second-order valence-corrected chi connectivity index (χ2v) is 7.58. The maximum atomic E-state index is 13.0. The van der Waals surface area contributed by atoms with Gasteiger partial charge in [0.2, 0.25) is 0 Å². The van der Waals surface area contributed by atoms with Gasteiger partial charge in [-0.2, -0.15) is 13.2 Å². The van der Waals surface area contributed by atoms with Gasteiger partial charge in [-0.25, -0.2) is 0 Å². The number of likely N-dealkylation sites (N-methyl/N-ethyl adjacent to an activating group) is 1. The molecule has 1 fully saturated rings. The number of amides is 1. The highest BCUT2D eigenvalue weighted by molar-refractivity contribution is 7.80. The highest BCUT2D eigenvalue weighted by Crippen LogP contribution is 2.34. The average molecular weight is 420 g/mol. The molecule has 1 saturated heterocycles. The number of benzene rings is 1. The minimum absolute atomic E-state index is 0.129. The molecule has 0 spiro atoms. The predicted molar refractivity (Wildman–Crippen MR) is 105 cm³/mol. The van der Waals surface area contributed by atoms with E-state index < -0.39 is 17.6 Å². The van der Waals surface area contributed by atoms with Crippen LogP contribution in [-0.2, 0) is 11.0 Å². The number of halogens is 3. The summed E-state index contributed by atoms with van der Waals surface area (Å²) in [4.78, 5) is 16.7. The molecule has 10 heteroatoms. The van der Waals surface area contributed by atoms with Crippen molar-refractivity contribution in [3.05, 3.63) is 29.8 Å². The number of thiocarbonyl (C=S) groups is 1. The van der Waals surface area contributed by atoms with E-state index in [0.29, 0.717) is 31.3 Å². The fraction of sp³-hybridized carbons (Fsp3) is 0.556. The van der Waals surface area contributed by atoms with Crippen molar-refractivity contribution in [3.8, 4) is 0 Å². The number of hydrogen-bond acceptors (Lipinski definition) is 2. The van der Waals surface area contributed by atoms with Crippen LogP contribution in [0.4, 0.5) is 18.9 Å². The van der Waals surface area contributed by atoms with Gasteiger partial charge in [0.15, 0.2) is 11.7 Å². The van der Waals surface area contributed by atoms with Crippen molar-refractivity contribution in [1.29, 1.82) is 0 Å². The lowest BCUT2D eigenvalue weighted by atomic mass is 10.1. The normalized spacial score (nSPS) is 15.6. The van der Waals surface area contributed by atoms with Gasteiger partial charge in [-0.05, 0) is 24.4 Å². The fourth-order valence-corrected chi connectivity index (χ4v) is 3.28. The molecule has 28 heavy (non-hydrogen) atoms. The first-order valence-corrected chi connectivity index (χ1v) is 9.69. The van der Waals surface area contributed by atoms with Crippen LogP contribution in [0.25, 0.3) is 0 Å². The Labute approximate surface area is 168 Å². The van der Waals surface area contributed by atoms with E-state index in [2.05, 4.69) is 29.6 Å². The molecule has 6 nitrogen and oxygen atoms in total. The average Bonchev–Trinajstić information content (AvgIpc) is 2.61. The first-order valence-electron chi connectivity index (χ1n) is 9.28. The third-order valence-corrected chi connectivity index (χ3v) is 4.98. The SMILES string of the molecule is C[NH+](C)CCNC(=S)N1CC[NH+](CC(=O)Nc2ccccc2C(F)(F)F)CC1. The monoisotopic (exact) mass is 419 g/mol. The minimum atomic E-state index is -4.50. The first kappa shape index (κ1) is 22.4. The fourth-order valence-electron chi connectivity index (χ4n) is 2.99. The van der Waals surface area contributed by atoms with Crippen molar-refractivity contribution < 1.29 is 27.8 Å². The molecule has 1 amide bonds. The summed E-state index contributed by atoms with van der Waals surface area (Å²) >= 11 is 5.40. The van der Waals surface area contributed by atoms with Crippen LogP contribution in [0.15, 0.2) is 24.3 Å². The lowest BCUT2D eigenvalue weighted by molar-refractivity contribution is -0.895. The molecule has 0 aromatic heterocycles. The van der Waals surface area contributed by atoms with Crippen molar-refractivity contribution in [2.75, 3.05) is 65.2 Å². The van der Waals surface area contributed by atoms with Crippen LogP contribution >= 0.6 is 12.2 Å². The predicted octanol–water partition coefficient (Wildman–Crippen LogP) is -1.14. The molecule has 1 aliphatic heterocycles. The molecular formula is C18H28F3N5OS+2. The van der Waals surface area contributed by atoms with Crippen LogP contribution in [0.2, 0.25) is 0 Å². The summed E-state index contributed by atoms with van der Waals surface area (Å²) in [6.45, 7) is 4.72. The molecule has 0 unspecified atom stereocenters. The van der Waals surface area contributed by atoms with Crippen LogP contribution in [0, 0.1) is 0 Å². The zero-order valence-corrected chi connectivity index (χ0v) is 17.0. The van der Waals surface area contributed by atoms with Crippen LogP contribution in [0.5, 0.6) is 0 Å². The van der Waals surface area contributed by atoms with Crippen LogP contribution in [0.3, 0.4) is 0 Å². The highest BCUT2D eigenvalue weighted by Gasteiger charge is 2.34. The Morgan fingerprint density at radius 2 is 1.89 bits per heavy atom. The quantitative estimate of drug-likeness (QED) is 0.441. The zero-order valence-electron chi connectivity index (χ0n) is 16.2. The number of rotatable bonds is 6. The zero-order chi connectivity index (χ0) is 20.7. The lowest BCUT2D eigenvalue weighted by Crippen LogP contribution is -3.15. The number of anilines is 1. The molecule has 156 valence electrons. The Bertz CT molecular complexity index is 675. The Morgan fingerprint density at radius 1 is 1.25 bits per heavy atom. The van der Waals surface area contributed by atoms with Gasteiger partial charge in [0.1, 0.15) is 0 Å². The molecule has 1 heterocycles. The van der Waals surface area contributed by atoms with Crippen molar-refractivity contribution in [1.82, 2.24) is 10.2 Å². The number of carbonyl (C=O) groups is 1. The number of nitrogens with one attached hydrogen (secondary N) is 4. The molecule has 4 N–H and O–H groups in total. The van der Waals surface area contributed by atoms with Gasteiger partial charge < -0.3 is 25.3 Å². The number of carbonyl (C=O) groups excluding carboxylic acids is 1. The molecule has 1 aromatic carbocycles. The van der Waals surface area contributed by atoms with Gasteiger partial charge in [0.05, 0.1) is 64.6 Å². The summed E-state index contributed by atoms with van der Waals surface area (Å²) in [5, 5.41) is 6.35. The third kappa shape index (κ3) is 6.92. The molecule has 0 radical (unpaired) electrons. The van der Waals surface area contributed by atoms with E-state index in [1.165, 1.54) is 23.1 Å². The minimum Gasteiger partial charge on any atom is -0.357 e. The lowest BCUT2D eigenvalue weighted by Gasteiger charge is -2.33. The maximum Gasteiger partial charge on any atom is 0.418 e. The molecule has 1 aliphatic rings. The largest absolute Gasteiger partial charge is 0.418 e. The standard InChI is InChI=1S/C18H26F3N5OS/c1-24(2)8-7-22-17(28)26-11-9-25(10-12-26)13-16(27)23-15-6-4-3-5-14(15)18(19,20)21/h3-6H,7-13H2,1-2H3,(H,22,28)(H,23,27)/p+2. The van der Waals surface area contributed by atoms with Gasteiger partial charge in [-0.3, -0.25) is 4.79 Å². The highest BCUT2D eigenvalue weighted by atomic mass is 32.1. The van der Waals surface area contributed by atoms with E-state index >= 15 is 0 Å². The third-order valence-electron chi connectivity index (χ3n) is 4.58. The molecule has 0 saturated carbocycles. The Balaban J connectivity index is 1.79. The summed E-state index contributed by atoms with van der Waals surface area (Å²) in [5.74, 6) is -0.421. The number of piperazine rings is 1. The van der Waals surface area contributed by atoms with Crippen molar-refractivity contribution in [2.24, 2.45) is 0 Å². The summed E-state index contributed by atoms with van der Waals surface area (Å²) in [6.07, 6.45) is -4.50. The van der Waals surface area contributed by atoms with Gasteiger partial charge in [-0.1, -0.05) is 12.1 Å². The first-order chi connectivity index (χ1) is 13.2. The molecule has 0 bridgehead atoms. The number of quaternary nitrogens is 2. The van der Waals surface area contributed by atoms with Crippen LogP contribution < -0.4 is 20.4 Å². The maximum absolute atomic E-state index is 13.0. The second-order valence-electron chi connectivity index (χ2n) is 7.19. The number of hydrogen-bond donors (Lipinski definition) is 4. The van der Waals surface area contributed by atoms with E-state index in [9.17, 15) is 18.0 Å². The Hall–Kier alpha value is -1.91. The van der Waals surface area contributed by atoms with Crippen molar-refractivity contribution in [3.63, 3.8) is 0 Å². The number of nitrogens with zero attached hydrogens (tertiary/aromatic N) is 1. The van der Waals surface area contributed by atoms with Gasteiger partial charge in [0.25, 0.3) is 5.91 Å². The van der Waals surface area contributed by atoms with Gasteiger partial charge >= 0.3 is 6.18 Å². The smallest absolute Gasteiger partial charge is 0.357 e. The number of para-hydroxylation sites is 1. The van der Waals surface area contributed by atoms with Crippen LogP contribution in [-0.4, -0.2) is 75.8 Å². The van der Waals surface area contributed by atoms with E-state index in [-0.39, 0.29) is 12.2 Å². The summed E-state index contributed by atoms with van der Waals surface area (Å²) in [6, 6.07) is 5.02. The molecule has 0 atom stereocenters. The van der Waals surface area contributed by atoms with E-state index in [0.717, 1.165) is 24.1 Å². The van der Waals surface area contributed by atoms with Gasteiger partial charge in [-0.15, -0.1) is 0 Å². The van der Waals surface area contributed by atoms with E-state index in [1.807, 2.05) is 0 Å². The topological polar surface area (TPSA) is 53.2 Å².